The van der Waals surface area contributed by atoms with Gasteiger partial charge in [-0.25, -0.2) is 0 Å². The summed E-state index contributed by atoms with van der Waals surface area (Å²) in [5.41, 5.74) is 1.74. The average Bonchev–Trinajstić information content (AvgIpc) is 2.44. The fourth-order valence-corrected chi connectivity index (χ4v) is 3.63. The second-order valence-electron chi connectivity index (χ2n) is 5.50. The highest BCUT2D eigenvalue weighted by molar-refractivity contribution is 9.09. The predicted molar refractivity (Wildman–Crippen MR) is 87.9 cm³/mol. The summed E-state index contributed by atoms with van der Waals surface area (Å²) in [5, 5.41) is 1.45. The molecule has 1 saturated carbocycles. The van der Waals surface area contributed by atoms with E-state index in [0.717, 1.165) is 30.3 Å². The predicted octanol–water partition coefficient (Wildman–Crippen LogP) is 4.82. The Hall–Kier alpha value is -0.540. The Labute approximate surface area is 134 Å². The van der Waals surface area contributed by atoms with Gasteiger partial charge < -0.3 is 4.90 Å². The van der Waals surface area contributed by atoms with Gasteiger partial charge in [0.05, 0.1) is 0 Å². The van der Waals surface area contributed by atoms with E-state index in [-0.39, 0.29) is 5.91 Å². The van der Waals surface area contributed by atoms with E-state index < -0.39 is 0 Å². The molecule has 1 aromatic rings. The van der Waals surface area contributed by atoms with Crippen molar-refractivity contribution in [1.29, 1.82) is 0 Å². The van der Waals surface area contributed by atoms with E-state index in [4.69, 9.17) is 11.6 Å². The van der Waals surface area contributed by atoms with E-state index in [9.17, 15) is 4.79 Å². The number of aryl methyl sites for hydroxylation is 1. The summed E-state index contributed by atoms with van der Waals surface area (Å²) in [7, 11) is 0. The number of benzene rings is 1. The van der Waals surface area contributed by atoms with Gasteiger partial charge in [-0.1, -0.05) is 46.8 Å². The van der Waals surface area contributed by atoms with Gasteiger partial charge in [-0.3, -0.25) is 4.79 Å². The van der Waals surface area contributed by atoms with Crippen molar-refractivity contribution >= 4 is 33.4 Å². The zero-order chi connectivity index (χ0) is 14.5. The molecule has 1 aliphatic carbocycles. The van der Waals surface area contributed by atoms with E-state index in [1.807, 2.05) is 24.0 Å². The van der Waals surface area contributed by atoms with Gasteiger partial charge in [0.25, 0.3) is 5.91 Å². The molecular weight excluding hydrogens is 338 g/mol. The first kappa shape index (κ1) is 15.8. The number of carbonyl (C=O) groups excluding carboxylic acids is 1. The van der Waals surface area contributed by atoms with Crippen LogP contribution in [0.5, 0.6) is 0 Å². The molecule has 0 radical (unpaired) electrons. The normalized spacial score (nSPS) is 16.1. The Morgan fingerprint density at radius 3 is 2.60 bits per heavy atom. The Morgan fingerprint density at radius 1 is 1.30 bits per heavy atom. The Morgan fingerprint density at radius 2 is 2.00 bits per heavy atom. The molecule has 0 atom stereocenters. The third-order valence-corrected chi connectivity index (χ3v) is 4.46. The lowest BCUT2D eigenvalue weighted by Crippen LogP contribution is -2.42. The minimum Gasteiger partial charge on any atom is -0.335 e. The third kappa shape index (κ3) is 3.98. The molecule has 4 heteroatoms. The van der Waals surface area contributed by atoms with E-state index in [2.05, 4.69) is 15.9 Å². The van der Waals surface area contributed by atoms with Crippen LogP contribution in [0.2, 0.25) is 5.02 Å². The molecule has 0 spiro atoms. The summed E-state index contributed by atoms with van der Waals surface area (Å²) >= 11 is 9.55. The first-order valence-electron chi connectivity index (χ1n) is 7.26. The molecule has 0 saturated heterocycles. The number of hydrogen-bond donors (Lipinski definition) is 0. The SMILES string of the molecule is Cc1cc(Cl)cc(C(=O)N(CCBr)C2CCCCC2)c1. The van der Waals surface area contributed by atoms with Crippen LogP contribution in [-0.2, 0) is 0 Å². The van der Waals surface area contributed by atoms with Crippen LogP contribution < -0.4 is 0 Å². The van der Waals surface area contributed by atoms with Gasteiger partial charge in [-0.05, 0) is 43.5 Å². The van der Waals surface area contributed by atoms with E-state index >= 15 is 0 Å². The van der Waals surface area contributed by atoms with Crippen LogP contribution in [0.1, 0.15) is 48.0 Å². The van der Waals surface area contributed by atoms with Gasteiger partial charge in [-0.2, -0.15) is 0 Å². The van der Waals surface area contributed by atoms with Crippen molar-refractivity contribution in [2.24, 2.45) is 0 Å². The molecule has 1 aliphatic rings. The van der Waals surface area contributed by atoms with Crippen LogP contribution >= 0.6 is 27.5 Å². The first-order chi connectivity index (χ1) is 9.61. The number of carbonyl (C=O) groups is 1. The summed E-state index contributed by atoms with van der Waals surface area (Å²) in [6, 6.07) is 5.97. The summed E-state index contributed by atoms with van der Waals surface area (Å²) in [6.45, 7) is 2.73. The minimum atomic E-state index is 0.113. The number of hydrogen-bond acceptors (Lipinski definition) is 1. The molecule has 110 valence electrons. The fraction of sp³-hybridized carbons (Fsp3) is 0.562. The summed E-state index contributed by atoms with van der Waals surface area (Å²) in [5.74, 6) is 0.113. The Bertz CT molecular complexity index is 451. The third-order valence-electron chi connectivity index (χ3n) is 3.89. The van der Waals surface area contributed by atoms with Gasteiger partial charge in [0, 0.05) is 28.5 Å². The van der Waals surface area contributed by atoms with Gasteiger partial charge in [-0.15, -0.1) is 0 Å². The quantitative estimate of drug-likeness (QED) is 0.707. The molecule has 1 fully saturated rings. The van der Waals surface area contributed by atoms with Crippen molar-refractivity contribution in [2.75, 3.05) is 11.9 Å². The Balaban J connectivity index is 2.20. The van der Waals surface area contributed by atoms with Crippen LogP contribution in [-0.4, -0.2) is 28.7 Å². The molecule has 2 nitrogen and oxygen atoms in total. The van der Waals surface area contributed by atoms with Crippen LogP contribution in [0, 0.1) is 6.92 Å². The van der Waals surface area contributed by atoms with Crippen molar-refractivity contribution in [3.05, 3.63) is 34.3 Å². The van der Waals surface area contributed by atoms with Gasteiger partial charge in [0.15, 0.2) is 0 Å². The lowest BCUT2D eigenvalue weighted by atomic mass is 9.93. The zero-order valence-corrected chi connectivity index (χ0v) is 14.2. The molecule has 1 aromatic carbocycles. The number of halogens is 2. The summed E-state index contributed by atoms with van der Waals surface area (Å²) in [6.07, 6.45) is 6.00. The smallest absolute Gasteiger partial charge is 0.254 e. The average molecular weight is 359 g/mol. The molecule has 0 N–H and O–H groups in total. The first-order valence-corrected chi connectivity index (χ1v) is 8.76. The van der Waals surface area contributed by atoms with E-state index in [1.165, 1.54) is 19.3 Å². The minimum absolute atomic E-state index is 0.113. The van der Waals surface area contributed by atoms with E-state index in [1.54, 1.807) is 6.07 Å². The van der Waals surface area contributed by atoms with Crippen molar-refractivity contribution < 1.29 is 4.79 Å². The van der Waals surface area contributed by atoms with Gasteiger partial charge in [0.2, 0.25) is 0 Å². The van der Waals surface area contributed by atoms with Gasteiger partial charge in [0.1, 0.15) is 0 Å². The van der Waals surface area contributed by atoms with Crippen LogP contribution in [0.4, 0.5) is 0 Å². The maximum atomic E-state index is 12.8. The molecule has 2 rings (SSSR count). The summed E-state index contributed by atoms with van der Waals surface area (Å²) < 4.78 is 0. The second kappa shape index (κ2) is 7.46. The number of rotatable bonds is 4. The molecule has 0 unspecified atom stereocenters. The molecule has 0 aromatic heterocycles. The Kier molecular flexibility index (Phi) is 5.91. The van der Waals surface area contributed by atoms with Gasteiger partial charge >= 0.3 is 0 Å². The molecule has 0 aliphatic heterocycles. The van der Waals surface area contributed by atoms with Crippen LogP contribution in [0.15, 0.2) is 18.2 Å². The van der Waals surface area contributed by atoms with Crippen molar-refractivity contribution in [2.45, 2.75) is 45.1 Å². The largest absolute Gasteiger partial charge is 0.335 e. The molecule has 20 heavy (non-hydrogen) atoms. The van der Waals surface area contributed by atoms with Crippen molar-refractivity contribution in [3.63, 3.8) is 0 Å². The number of nitrogens with zero attached hydrogens (tertiary/aromatic N) is 1. The summed E-state index contributed by atoms with van der Waals surface area (Å²) in [4.78, 5) is 14.8. The maximum Gasteiger partial charge on any atom is 0.254 e. The second-order valence-corrected chi connectivity index (χ2v) is 6.73. The lowest BCUT2D eigenvalue weighted by molar-refractivity contribution is 0.0651. The highest BCUT2D eigenvalue weighted by atomic mass is 79.9. The van der Waals surface area contributed by atoms with Crippen molar-refractivity contribution in [1.82, 2.24) is 4.90 Å². The van der Waals surface area contributed by atoms with Crippen LogP contribution in [0.25, 0.3) is 0 Å². The molecule has 0 bridgehead atoms. The maximum absolute atomic E-state index is 12.8. The number of amides is 1. The molecular formula is C16H21BrClNO. The van der Waals surface area contributed by atoms with E-state index in [0.29, 0.717) is 16.6 Å². The highest BCUT2D eigenvalue weighted by Crippen LogP contribution is 2.25. The molecule has 0 heterocycles. The number of alkyl halides is 1. The lowest BCUT2D eigenvalue weighted by Gasteiger charge is -2.34. The monoisotopic (exact) mass is 357 g/mol. The highest BCUT2D eigenvalue weighted by Gasteiger charge is 2.25. The topological polar surface area (TPSA) is 20.3 Å². The van der Waals surface area contributed by atoms with Crippen LogP contribution in [0.3, 0.4) is 0 Å². The zero-order valence-electron chi connectivity index (χ0n) is 11.9. The molecule has 1 amide bonds. The van der Waals surface area contributed by atoms with Crippen molar-refractivity contribution in [3.8, 4) is 0 Å². The fourth-order valence-electron chi connectivity index (χ4n) is 2.96. The standard InChI is InChI=1S/C16H21BrClNO/c1-12-9-13(11-14(18)10-12)16(20)19(8-7-17)15-5-3-2-4-6-15/h9-11,15H,2-8H2,1H3.